The minimum Gasteiger partial charge on any atom is -0.356 e. The molecule has 1 aromatic rings. The van der Waals surface area contributed by atoms with Gasteiger partial charge in [0.25, 0.3) is 0 Å². The molecule has 144 valence electrons. The van der Waals surface area contributed by atoms with Gasteiger partial charge in [0.15, 0.2) is 0 Å². The van der Waals surface area contributed by atoms with Crippen LogP contribution in [0, 0.1) is 0 Å². The Morgan fingerprint density at radius 1 is 1.04 bits per heavy atom. The van der Waals surface area contributed by atoms with Crippen molar-refractivity contribution >= 4 is 11.8 Å². The largest absolute Gasteiger partial charge is 0.356 e. The zero-order valence-corrected chi connectivity index (χ0v) is 16.5. The molecule has 0 saturated carbocycles. The van der Waals surface area contributed by atoms with E-state index in [1.54, 1.807) is 0 Å². The first-order chi connectivity index (χ1) is 12.4. The number of nitrogens with one attached hydrogen (secondary N) is 1. The Hall–Kier alpha value is -1.88. The second kappa shape index (κ2) is 9.72. The van der Waals surface area contributed by atoms with E-state index in [2.05, 4.69) is 43.1 Å². The Kier molecular flexibility index (Phi) is 7.64. The number of hydrogen-bond acceptors (Lipinski definition) is 3. The molecule has 0 aromatic heterocycles. The summed E-state index contributed by atoms with van der Waals surface area (Å²) in [6.45, 7) is 11.4. The first-order valence-corrected chi connectivity index (χ1v) is 9.74. The minimum absolute atomic E-state index is 0.0256. The summed E-state index contributed by atoms with van der Waals surface area (Å²) in [4.78, 5) is 28.6. The Labute approximate surface area is 157 Å². The van der Waals surface area contributed by atoms with Gasteiger partial charge in [-0.05, 0) is 23.9 Å². The van der Waals surface area contributed by atoms with E-state index in [1.807, 2.05) is 23.1 Å². The van der Waals surface area contributed by atoms with Crippen molar-refractivity contribution < 1.29 is 9.59 Å². The number of piperazine rings is 1. The lowest BCUT2D eigenvalue weighted by Crippen LogP contribution is -2.49. The molecule has 26 heavy (non-hydrogen) atoms. The van der Waals surface area contributed by atoms with E-state index in [-0.39, 0.29) is 17.2 Å². The third-order valence-electron chi connectivity index (χ3n) is 5.37. The lowest BCUT2D eigenvalue weighted by Gasteiger charge is -2.34. The van der Waals surface area contributed by atoms with E-state index < -0.39 is 0 Å². The third kappa shape index (κ3) is 6.13. The highest BCUT2D eigenvalue weighted by molar-refractivity contribution is 5.79. The van der Waals surface area contributed by atoms with Crippen molar-refractivity contribution in [2.24, 2.45) is 0 Å². The van der Waals surface area contributed by atoms with Gasteiger partial charge in [-0.2, -0.15) is 0 Å². The second-order valence-corrected chi connectivity index (χ2v) is 7.66. The van der Waals surface area contributed by atoms with E-state index in [4.69, 9.17) is 0 Å². The first-order valence-electron chi connectivity index (χ1n) is 9.74. The van der Waals surface area contributed by atoms with Gasteiger partial charge in [-0.25, -0.2) is 0 Å². The minimum atomic E-state index is -0.0344. The summed E-state index contributed by atoms with van der Waals surface area (Å²) >= 11 is 0. The quantitative estimate of drug-likeness (QED) is 0.775. The maximum atomic E-state index is 12.2. The van der Waals surface area contributed by atoms with Gasteiger partial charge in [-0.3, -0.25) is 9.59 Å². The zero-order chi connectivity index (χ0) is 19.0. The maximum Gasteiger partial charge on any atom is 0.224 e. The van der Waals surface area contributed by atoms with Gasteiger partial charge in [0, 0.05) is 45.6 Å². The van der Waals surface area contributed by atoms with Crippen molar-refractivity contribution in [1.82, 2.24) is 15.1 Å². The molecule has 1 fully saturated rings. The monoisotopic (exact) mass is 359 g/mol. The predicted octanol–water partition coefficient (Wildman–Crippen LogP) is 2.41. The molecule has 1 N–H and O–H groups in total. The molecule has 5 heteroatoms. The van der Waals surface area contributed by atoms with Gasteiger partial charge in [-0.15, -0.1) is 0 Å². The molecule has 2 rings (SSSR count). The number of rotatable bonds is 8. The van der Waals surface area contributed by atoms with Crippen LogP contribution in [0.25, 0.3) is 0 Å². The van der Waals surface area contributed by atoms with E-state index >= 15 is 0 Å². The number of hydrogen-bond donors (Lipinski definition) is 1. The average molecular weight is 360 g/mol. The molecule has 5 nitrogen and oxygen atoms in total. The molecule has 1 aromatic carbocycles. The average Bonchev–Trinajstić information content (AvgIpc) is 2.67. The summed E-state index contributed by atoms with van der Waals surface area (Å²) in [5, 5.41) is 2.90. The lowest BCUT2D eigenvalue weighted by atomic mass is 9.80. The summed E-state index contributed by atoms with van der Waals surface area (Å²) in [6, 6.07) is 10.3. The molecule has 0 atom stereocenters. The number of carbonyl (C=O) groups excluding carboxylic acids is 2. The summed E-state index contributed by atoms with van der Waals surface area (Å²) < 4.78 is 0. The summed E-state index contributed by atoms with van der Waals surface area (Å²) in [6.07, 6.45) is 1.65. The zero-order valence-electron chi connectivity index (χ0n) is 16.5. The van der Waals surface area contributed by atoms with Crippen LogP contribution >= 0.6 is 0 Å². The summed E-state index contributed by atoms with van der Waals surface area (Å²) in [5.74, 6) is 0.170. The summed E-state index contributed by atoms with van der Waals surface area (Å²) in [5.41, 5.74) is 1.21. The molecule has 0 aliphatic carbocycles. The van der Waals surface area contributed by atoms with Crippen molar-refractivity contribution in [2.75, 3.05) is 39.3 Å². The van der Waals surface area contributed by atoms with Gasteiger partial charge in [0.1, 0.15) is 0 Å². The van der Waals surface area contributed by atoms with Crippen LogP contribution in [0.4, 0.5) is 0 Å². The smallest absolute Gasteiger partial charge is 0.224 e. The number of nitrogens with zero attached hydrogens (tertiary/aromatic N) is 2. The van der Waals surface area contributed by atoms with Crippen LogP contribution in [-0.2, 0) is 15.0 Å². The Balaban J connectivity index is 1.65. The second-order valence-electron chi connectivity index (χ2n) is 7.66. The fraction of sp³-hybridized carbons (Fsp3) is 0.619. The molecule has 1 aliphatic heterocycles. The molecule has 0 bridgehead atoms. The van der Waals surface area contributed by atoms with Gasteiger partial charge >= 0.3 is 0 Å². The predicted molar refractivity (Wildman–Crippen MR) is 105 cm³/mol. The van der Waals surface area contributed by atoms with Crippen LogP contribution in [0.1, 0.15) is 45.6 Å². The van der Waals surface area contributed by atoms with Crippen molar-refractivity contribution in [3.8, 4) is 0 Å². The third-order valence-corrected chi connectivity index (χ3v) is 5.37. The normalized spacial score (nSPS) is 15.7. The Bertz CT molecular complexity index is 578. The maximum absolute atomic E-state index is 12.2. The number of carbonyl (C=O) groups is 2. The fourth-order valence-electron chi connectivity index (χ4n) is 3.33. The van der Waals surface area contributed by atoms with Gasteiger partial charge in [0.2, 0.25) is 11.8 Å². The van der Waals surface area contributed by atoms with Crippen LogP contribution in [0.3, 0.4) is 0 Å². The molecular formula is C21H33N3O2. The van der Waals surface area contributed by atoms with Crippen LogP contribution in [0.15, 0.2) is 30.3 Å². The van der Waals surface area contributed by atoms with Crippen LogP contribution in [0.5, 0.6) is 0 Å². The van der Waals surface area contributed by atoms with E-state index in [9.17, 15) is 9.59 Å². The number of amides is 2. The molecule has 1 aliphatic rings. The standard InChI is InChI=1S/C21H33N3O2/c1-4-23-14-16-24(17-15-23)20(26)11-13-22-19(25)10-12-21(2,3)18-8-6-5-7-9-18/h5-9H,4,10-17H2,1-3H3,(H,22,25). The van der Waals surface area contributed by atoms with E-state index in [1.165, 1.54) is 5.56 Å². The molecule has 0 unspecified atom stereocenters. The highest BCUT2D eigenvalue weighted by atomic mass is 16.2. The molecule has 0 radical (unpaired) electrons. The number of likely N-dealkylation sites (N-methyl/N-ethyl adjacent to an activating group) is 1. The highest BCUT2D eigenvalue weighted by Gasteiger charge is 2.22. The van der Waals surface area contributed by atoms with E-state index in [0.717, 1.165) is 39.1 Å². The van der Waals surface area contributed by atoms with Crippen LogP contribution in [-0.4, -0.2) is 60.9 Å². The highest BCUT2D eigenvalue weighted by Crippen LogP contribution is 2.27. The molecule has 2 amide bonds. The SMILES string of the molecule is CCN1CCN(C(=O)CCNC(=O)CCC(C)(C)c2ccccc2)CC1. The van der Waals surface area contributed by atoms with E-state index in [0.29, 0.717) is 19.4 Å². The number of benzene rings is 1. The fourth-order valence-corrected chi connectivity index (χ4v) is 3.33. The molecular weight excluding hydrogens is 326 g/mol. The van der Waals surface area contributed by atoms with Gasteiger partial charge in [0.05, 0.1) is 0 Å². The molecule has 1 heterocycles. The summed E-state index contributed by atoms with van der Waals surface area (Å²) in [7, 11) is 0. The Morgan fingerprint density at radius 3 is 2.31 bits per heavy atom. The molecule has 0 spiro atoms. The van der Waals surface area contributed by atoms with Crippen LogP contribution in [0.2, 0.25) is 0 Å². The van der Waals surface area contributed by atoms with Crippen molar-refractivity contribution in [1.29, 1.82) is 0 Å². The van der Waals surface area contributed by atoms with Crippen molar-refractivity contribution in [2.45, 2.75) is 45.4 Å². The lowest BCUT2D eigenvalue weighted by molar-refractivity contribution is -0.132. The Morgan fingerprint density at radius 2 is 1.69 bits per heavy atom. The van der Waals surface area contributed by atoms with Gasteiger partial charge < -0.3 is 15.1 Å². The first kappa shape index (κ1) is 20.4. The van der Waals surface area contributed by atoms with Crippen molar-refractivity contribution in [3.05, 3.63) is 35.9 Å². The van der Waals surface area contributed by atoms with Gasteiger partial charge in [-0.1, -0.05) is 51.1 Å². The van der Waals surface area contributed by atoms with Crippen molar-refractivity contribution in [3.63, 3.8) is 0 Å². The topological polar surface area (TPSA) is 52.6 Å². The molecule has 1 saturated heterocycles. The van der Waals surface area contributed by atoms with Crippen LogP contribution < -0.4 is 5.32 Å².